The van der Waals surface area contributed by atoms with Crippen LogP contribution in [0, 0.1) is 11.6 Å². The van der Waals surface area contributed by atoms with Crippen LogP contribution in [0.3, 0.4) is 0 Å². The summed E-state index contributed by atoms with van der Waals surface area (Å²) in [6.07, 6.45) is -5.10. The van der Waals surface area contributed by atoms with Gasteiger partial charge in [-0.1, -0.05) is 18.2 Å². The summed E-state index contributed by atoms with van der Waals surface area (Å²) in [6.45, 7) is -1.64. The number of carbonyl (C=O) groups excluding carboxylic acids is 1. The molecule has 10 nitrogen and oxygen atoms in total. The van der Waals surface area contributed by atoms with Crippen LogP contribution in [0.5, 0.6) is 5.75 Å². The molecule has 36 heavy (non-hydrogen) atoms. The van der Waals surface area contributed by atoms with E-state index in [1.165, 1.54) is 22.9 Å². The second kappa shape index (κ2) is 9.24. The summed E-state index contributed by atoms with van der Waals surface area (Å²) in [7, 11) is 0.868. The Balaban J connectivity index is 1.71. The van der Waals surface area contributed by atoms with E-state index >= 15 is 0 Å². The molecule has 4 N–H and O–H groups in total. The Labute approximate surface area is 199 Å². The molecular formula is C21H17F5N8O2. The van der Waals surface area contributed by atoms with Crippen molar-refractivity contribution < 1.29 is 31.5 Å². The number of carbonyl (C=O) groups is 1. The first kappa shape index (κ1) is 24.6. The summed E-state index contributed by atoms with van der Waals surface area (Å²) in [5.74, 6) is -2.92. The lowest BCUT2D eigenvalue weighted by molar-refractivity contribution is -0.139. The van der Waals surface area contributed by atoms with Gasteiger partial charge in [0.25, 0.3) is 0 Å². The lowest BCUT2D eigenvalue weighted by Gasteiger charge is -2.19. The van der Waals surface area contributed by atoms with Gasteiger partial charge in [-0.2, -0.15) is 18.3 Å². The van der Waals surface area contributed by atoms with Crippen molar-refractivity contribution in [3.05, 3.63) is 53.7 Å². The topological polar surface area (TPSA) is 138 Å². The first-order chi connectivity index (χ1) is 16.9. The molecule has 0 saturated heterocycles. The second-order valence-corrected chi connectivity index (χ2v) is 7.61. The molecule has 0 aliphatic carbocycles. The van der Waals surface area contributed by atoms with Crippen LogP contribution in [0.1, 0.15) is 5.56 Å². The van der Waals surface area contributed by atoms with Gasteiger partial charge in [0, 0.05) is 12.6 Å². The summed E-state index contributed by atoms with van der Waals surface area (Å²) >= 11 is 0. The number of hydrogen-bond acceptors (Lipinski definition) is 8. The van der Waals surface area contributed by atoms with Gasteiger partial charge >= 0.3 is 12.3 Å². The predicted molar refractivity (Wildman–Crippen MR) is 118 cm³/mol. The number of ether oxygens (including phenoxy) is 1. The summed E-state index contributed by atoms with van der Waals surface area (Å²) in [4.78, 5) is 24.2. The van der Waals surface area contributed by atoms with Gasteiger partial charge in [-0.25, -0.2) is 33.2 Å². The molecule has 1 aromatic carbocycles. The highest BCUT2D eigenvalue weighted by Crippen LogP contribution is 2.32. The van der Waals surface area contributed by atoms with E-state index in [1.807, 2.05) is 0 Å². The molecule has 0 saturated carbocycles. The SMILES string of the molecule is CN(CC(F)(F)F)C(=O)Oc1c(N)nc(-c2nn(Cc3ccccc3F)c3ncc(F)cc23)nc1N. The van der Waals surface area contributed by atoms with Crippen molar-refractivity contribution in [1.82, 2.24) is 29.6 Å². The quantitative estimate of drug-likeness (QED) is 0.392. The van der Waals surface area contributed by atoms with E-state index in [2.05, 4.69) is 20.1 Å². The molecule has 0 bridgehead atoms. The fourth-order valence-corrected chi connectivity index (χ4v) is 3.29. The molecule has 0 spiro atoms. The molecule has 3 aromatic heterocycles. The Morgan fingerprint density at radius 2 is 1.81 bits per heavy atom. The number of alkyl halides is 3. The average molecular weight is 508 g/mol. The zero-order valence-corrected chi connectivity index (χ0v) is 18.4. The van der Waals surface area contributed by atoms with E-state index in [0.717, 1.165) is 19.3 Å². The number of pyridine rings is 1. The molecule has 188 valence electrons. The molecular weight excluding hydrogens is 491 g/mol. The number of hydrogen-bond donors (Lipinski definition) is 2. The van der Waals surface area contributed by atoms with E-state index < -0.39 is 47.8 Å². The van der Waals surface area contributed by atoms with Crippen molar-refractivity contribution in [3.8, 4) is 17.3 Å². The van der Waals surface area contributed by atoms with Crippen molar-refractivity contribution in [3.63, 3.8) is 0 Å². The Morgan fingerprint density at radius 3 is 2.44 bits per heavy atom. The molecule has 0 aliphatic heterocycles. The summed E-state index contributed by atoms with van der Waals surface area (Å²) < 4.78 is 72.0. The fourth-order valence-electron chi connectivity index (χ4n) is 3.29. The minimum absolute atomic E-state index is 0.0150. The number of fused-ring (bicyclic) bond motifs is 1. The highest BCUT2D eigenvalue weighted by Gasteiger charge is 2.32. The Bertz CT molecular complexity index is 1430. The lowest BCUT2D eigenvalue weighted by Crippen LogP contribution is -2.37. The zero-order valence-electron chi connectivity index (χ0n) is 18.4. The van der Waals surface area contributed by atoms with Gasteiger partial charge in [0.15, 0.2) is 23.1 Å². The number of rotatable bonds is 5. The number of amides is 1. The molecule has 0 fully saturated rings. The maximum Gasteiger partial charge on any atom is 0.415 e. The third-order valence-electron chi connectivity index (χ3n) is 4.88. The van der Waals surface area contributed by atoms with Gasteiger partial charge in [-0.3, -0.25) is 0 Å². The van der Waals surface area contributed by atoms with Gasteiger partial charge in [0.2, 0.25) is 5.75 Å². The maximum absolute atomic E-state index is 14.2. The maximum atomic E-state index is 14.2. The van der Waals surface area contributed by atoms with E-state index in [0.29, 0.717) is 0 Å². The Kier molecular flexibility index (Phi) is 6.30. The van der Waals surface area contributed by atoms with Crippen molar-refractivity contribution >= 4 is 28.8 Å². The third kappa shape index (κ3) is 5.08. The van der Waals surface area contributed by atoms with Gasteiger partial charge < -0.3 is 21.1 Å². The summed E-state index contributed by atoms with van der Waals surface area (Å²) in [6, 6.07) is 7.07. The Morgan fingerprint density at radius 1 is 1.14 bits per heavy atom. The molecule has 0 aliphatic rings. The van der Waals surface area contributed by atoms with Crippen LogP contribution in [0.2, 0.25) is 0 Å². The average Bonchev–Trinajstić information content (AvgIpc) is 3.13. The normalized spacial score (nSPS) is 11.6. The minimum atomic E-state index is -4.66. The Hall–Kier alpha value is -4.56. The van der Waals surface area contributed by atoms with E-state index in [1.54, 1.807) is 6.07 Å². The van der Waals surface area contributed by atoms with Gasteiger partial charge in [-0.15, -0.1) is 0 Å². The lowest BCUT2D eigenvalue weighted by atomic mass is 10.2. The number of nitrogen functional groups attached to an aromatic ring is 2. The van der Waals surface area contributed by atoms with E-state index in [-0.39, 0.29) is 39.6 Å². The van der Waals surface area contributed by atoms with Crippen molar-refractivity contribution in [1.29, 1.82) is 0 Å². The molecule has 3 heterocycles. The van der Waals surface area contributed by atoms with E-state index in [9.17, 15) is 26.7 Å². The van der Waals surface area contributed by atoms with Crippen molar-refractivity contribution in [2.24, 2.45) is 0 Å². The third-order valence-corrected chi connectivity index (χ3v) is 4.88. The molecule has 0 atom stereocenters. The highest BCUT2D eigenvalue weighted by molar-refractivity contribution is 5.90. The number of aromatic nitrogens is 5. The second-order valence-electron chi connectivity index (χ2n) is 7.61. The van der Waals surface area contributed by atoms with Gasteiger partial charge in [0.05, 0.1) is 18.1 Å². The van der Waals surface area contributed by atoms with Crippen LogP contribution in [0.15, 0.2) is 36.5 Å². The van der Waals surface area contributed by atoms with Crippen molar-refractivity contribution in [2.75, 3.05) is 25.1 Å². The number of anilines is 2. The molecule has 1 amide bonds. The number of nitrogens with zero attached hydrogens (tertiary/aromatic N) is 6. The minimum Gasteiger partial charge on any atom is -0.402 e. The molecule has 4 aromatic rings. The van der Waals surface area contributed by atoms with Gasteiger partial charge in [0.1, 0.15) is 23.9 Å². The summed E-state index contributed by atoms with van der Waals surface area (Å²) in [5, 5.41) is 4.47. The molecule has 0 radical (unpaired) electrons. The van der Waals surface area contributed by atoms with Crippen LogP contribution in [-0.4, -0.2) is 55.5 Å². The fraction of sp³-hybridized carbons (Fsp3) is 0.190. The molecule has 15 heteroatoms. The zero-order chi connectivity index (χ0) is 26.2. The van der Waals surface area contributed by atoms with Crippen LogP contribution < -0.4 is 16.2 Å². The summed E-state index contributed by atoms with van der Waals surface area (Å²) in [5.41, 5.74) is 12.1. The van der Waals surface area contributed by atoms with Crippen LogP contribution in [-0.2, 0) is 6.54 Å². The van der Waals surface area contributed by atoms with Crippen LogP contribution >= 0.6 is 0 Å². The number of benzene rings is 1. The predicted octanol–water partition coefficient (Wildman–Crippen LogP) is 3.37. The standard InChI is InChI=1S/C21H17F5N8O2/c1-33(9-21(24,25)26)20(35)36-15-16(27)30-18(31-17(15)28)14-12-6-11(22)7-29-19(12)34(32-14)8-10-4-2-3-5-13(10)23/h2-7H,8-9H2,1H3,(H4,27,28,30,31). The van der Waals surface area contributed by atoms with E-state index in [4.69, 9.17) is 16.2 Å². The van der Waals surface area contributed by atoms with Crippen molar-refractivity contribution in [2.45, 2.75) is 12.7 Å². The van der Waals surface area contributed by atoms with Crippen LogP contribution in [0.4, 0.5) is 38.4 Å². The van der Waals surface area contributed by atoms with Crippen LogP contribution in [0.25, 0.3) is 22.6 Å². The first-order valence-corrected chi connectivity index (χ1v) is 10.1. The molecule has 4 rings (SSSR count). The monoisotopic (exact) mass is 508 g/mol. The van der Waals surface area contributed by atoms with Gasteiger partial charge in [-0.05, 0) is 12.1 Å². The smallest absolute Gasteiger partial charge is 0.402 e. The highest BCUT2D eigenvalue weighted by atomic mass is 19.4. The first-order valence-electron chi connectivity index (χ1n) is 10.1. The molecule has 0 unspecified atom stereocenters. The largest absolute Gasteiger partial charge is 0.415 e. The number of nitrogens with two attached hydrogens (primary N) is 2. The number of halogens is 5.